The van der Waals surface area contributed by atoms with Crippen LogP contribution in [0.1, 0.15) is 37.6 Å². The summed E-state index contributed by atoms with van der Waals surface area (Å²) in [6.45, 7) is 4.63. The summed E-state index contributed by atoms with van der Waals surface area (Å²) in [5.74, 6) is 0.840. The Morgan fingerprint density at radius 2 is 2.04 bits per heavy atom. The fourth-order valence-electron chi connectivity index (χ4n) is 2.99. The highest BCUT2D eigenvalue weighted by atomic mass is 16.5. The molecule has 0 saturated heterocycles. The number of para-hydroxylation sites is 1. The minimum Gasteiger partial charge on any atom is -0.487 e. The van der Waals surface area contributed by atoms with Gasteiger partial charge in [0, 0.05) is 36.8 Å². The van der Waals surface area contributed by atoms with Gasteiger partial charge < -0.3 is 15.4 Å². The van der Waals surface area contributed by atoms with E-state index in [0.717, 1.165) is 23.4 Å². The van der Waals surface area contributed by atoms with Gasteiger partial charge in [0.25, 0.3) is 0 Å². The predicted molar refractivity (Wildman–Crippen MR) is 93.0 cm³/mol. The highest BCUT2D eigenvalue weighted by Crippen LogP contribution is 2.39. The van der Waals surface area contributed by atoms with Crippen LogP contribution in [0.5, 0.6) is 5.75 Å². The summed E-state index contributed by atoms with van der Waals surface area (Å²) in [7, 11) is 0. The predicted octanol–water partition coefficient (Wildman–Crippen LogP) is 3.23. The first kappa shape index (κ1) is 16.3. The molecule has 3 rings (SSSR count). The molecule has 1 aromatic carbocycles. The number of hydrogen-bond acceptors (Lipinski definition) is 3. The Hall–Kier alpha value is -2.56. The van der Waals surface area contributed by atoms with Crippen molar-refractivity contribution in [3.63, 3.8) is 0 Å². The van der Waals surface area contributed by atoms with E-state index in [1.807, 2.05) is 56.3 Å². The quantitative estimate of drug-likeness (QED) is 0.907. The number of benzene rings is 1. The lowest BCUT2D eigenvalue weighted by Gasteiger charge is -2.37. The van der Waals surface area contributed by atoms with Crippen LogP contribution in [-0.4, -0.2) is 23.2 Å². The van der Waals surface area contributed by atoms with Crippen molar-refractivity contribution in [2.75, 3.05) is 6.54 Å². The van der Waals surface area contributed by atoms with E-state index in [4.69, 9.17) is 4.74 Å². The fraction of sp³-hybridized carbons (Fsp3) is 0.368. The number of urea groups is 1. The van der Waals surface area contributed by atoms with Gasteiger partial charge in [-0.2, -0.15) is 0 Å². The van der Waals surface area contributed by atoms with Gasteiger partial charge in [-0.25, -0.2) is 4.79 Å². The number of nitrogens with one attached hydrogen (secondary N) is 2. The van der Waals surface area contributed by atoms with Gasteiger partial charge in [0.1, 0.15) is 11.4 Å². The average Bonchev–Trinajstić information content (AvgIpc) is 2.55. The third-order valence-corrected chi connectivity index (χ3v) is 4.07. The maximum Gasteiger partial charge on any atom is 0.315 e. The maximum atomic E-state index is 12.2. The highest BCUT2D eigenvalue weighted by molar-refractivity contribution is 5.74. The zero-order chi connectivity index (χ0) is 17.0. The van der Waals surface area contributed by atoms with Gasteiger partial charge in [0.15, 0.2) is 0 Å². The highest BCUT2D eigenvalue weighted by Gasteiger charge is 2.34. The third kappa shape index (κ3) is 4.04. The number of nitrogens with zero attached hydrogens (tertiary/aromatic N) is 1. The SMILES string of the molecule is CC1(C)C[C@@H](NC(=O)NCCc2ccccn2)c2ccccc2O1. The van der Waals surface area contributed by atoms with Gasteiger partial charge in [-0.15, -0.1) is 0 Å². The minimum atomic E-state index is -0.305. The number of aromatic nitrogens is 1. The van der Waals surface area contributed by atoms with Crippen molar-refractivity contribution in [3.05, 3.63) is 59.9 Å². The van der Waals surface area contributed by atoms with Gasteiger partial charge in [-0.1, -0.05) is 24.3 Å². The van der Waals surface area contributed by atoms with Gasteiger partial charge in [0.05, 0.1) is 6.04 Å². The Bertz CT molecular complexity index is 701. The molecule has 2 amide bonds. The third-order valence-electron chi connectivity index (χ3n) is 4.07. The van der Waals surface area contributed by atoms with Gasteiger partial charge in [0.2, 0.25) is 0 Å². The largest absolute Gasteiger partial charge is 0.487 e. The van der Waals surface area contributed by atoms with Crippen molar-refractivity contribution in [1.82, 2.24) is 15.6 Å². The first-order valence-corrected chi connectivity index (χ1v) is 8.26. The van der Waals surface area contributed by atoms with Crippen molar-refractivity contribution in [3.8, 4) is 5.75 Å². The van der Waals surface area contributed by atoms with Crippen molar-refractivity contribution in [2.24, 2.45) is 0 Å². The first-order chi connectivity index (χ1) is 11.5. The first-order valence-electron chi connectivity index (χ1n) is 8.26. The molecule has 1 atom stereocenters. The van der Waals surface area contributed by atoms with Crippen LogP contribution in [0.4, 0.5) is 4.79 Å². The Morgan fingerprint density at radius 3 is 2.83 bits per heavy atom. The fourth-order valence-corrected chi connectivity index (χ4v) is 2.99. The van der Waals surface area contributed by atoms with Gasteiger partial charge in [-0.3, -0.25) is 4.98 Å². The van der Waals surface area contributed by atoms with Gasteiger partial charge >= 0.3 is 6.03 Å². The van der Waals surface area contributed by atoms with Crippen LogP contribution >= 0.6 is 0 Å². The van der Waals surface area contributed by atoms with Crippen molar-refractivity contribution >= 4 is 6.03 Å². The summed E-state index contributed by atoms with van der Waals surface area (Å²) in [6, 6.07) is 13.4. The molecule has 126 valence electrons. The molecule has 2 heterocycles. The molecule has 1 aromatic heterocycles. The Kier molecular flexibility index (Phi) is 4.69. The van der Waals surface area contributed by atoms with E-state index in [0.29, 0.717) is 13.0 Å². The lowest BCUT2D eigenvalue weighted by atomic mass is 9.90. The van der Waals surface area contributed by atoms with Crippen LogP contribution in [0.25, 0.3) is 0 Å². The summed E-state index contributed by atoms with van der Waals surface area (Å²) in [6.07, 6.45) is 3.21. The summed E-state index contributed by atoms with van der Waals surface area (Å²) >= 11 is 0. The van der Waals surface area contributed by atoms with E-state index in [1.54, 1.807) is 6.20 Å². The molecule has 2 N–H and O–H groups in total. The molecule has 0 saturated carbocycles. The van der Waals surface area contributed by atoms with E-state index in [9.17, 15) is 4.79 Å². The number of pyridine rings is 1. The molecule has 1 aliphatic rings. The van der Waals surface area contributed by atoms with Crippen molar-refractivity contribution < 1.29 is 9.53 Å². The molecule has 0 bridgehead atoms. The number of amides is 2. The zero-order valence-corrected chi connectivity index (χ0v) is 14.1. The molecular weight excluding hydrogens is 302 g/mol. The number of ether oxygens (including phenoxy) is 1. The molecule has 0 unspecified atom stereocenters. The maximum absolute atomic E-state index is 12.2. The minimum absolute atomic E-state index is 0.0557. The van der Waals surface area contributed by atoms with Crippen LogP contribution in [0, 0.1) is 0 Å². The summed E-state index contributed by atoms with van der Waals surface area (Å²) in [5, 5.41) is 5.97. The van der Waals surface area contributed by atoms with Gasteiger partial charge in [-0.05, 0) is 32.0 Å². The van der Waals surface area contributed by atoms with Crippen LogP contribution in [0.15, 0.2) is 48.7 Å². The summed E-state index contributed by atoms with van der Waals surface area (Å²) < 4.78 is 5.99. The lowest BCUT2D eigenvalue weighted by Crippen LogP contribution is -2.44. The molecule has 0 radical (unpaired) electrons. The lowest BCUT2D eigenvalue weighted by molar-refractivity contribution is 0.0679. The number of carbonyl (C=O) groups is 1. The number of carbonyl (C=O) groups excluding carboxylic acids is 1. The number of hydrogen-bond donors (Lipinski definition) is 2. The van der Waals surface area contributed by atoms with Crippen LogP contribution in [-0.2, 0) is 6.42 Å². The molecule has 2 aromatic rings. The Labute approximate surface area is 142 Å². The van der Waals surface area contributed by atoms with Crippen LogP contribution < -0.4 is 15.4 Å². The molecular formula is C19H23N3O2. The number of rotatable bonds is 4. The van der Waals surface area contributed by atoms with E-state index in [1.165, 1.54) is 0 Å². The molecule has 24 heavy (non-hydrogen) atoms. The Balaban J connectivity index is 1.58. The Morgan fingerprint density at radius 1 is 1.25 bits per heavy atom. The van der Waals surface area contributed by atoms with Crippen LogP contribution in [0.2, 0.25) is 0 Å². The zero-order valence-electron chi connectivity index (χ0n) is 14.1. The molecule has 5 nitrogen and oxygen atoms in total. The van der Waals surface area contributed by atoms with E-state index >= 15 is 0 Å². The monoisotopic (exact) mass is 325 g/mol. The van der Waals surface area contributed by atoms with Crippen LogP contribution in [0.3, 0.4) is 0 Å². The smallest absolute Gasteiger partial charge is 0.315 e. The summed E-state index contributed by atoms with van der Waals surface area (Å²) in [5.41, 5.74) is 1.69. The standard InChI is InChI=1S/C19H23N3O2/c1-19(2)13-16(15-8-3-4-9-17(15)24-19)22-18(23)21-12-10-14-7-5-6-11-20-14/h3-9,11,16H,10,12-13H2,1-2H3,(H2,21,22,23)/t16-/m1/s1. The molecule has 0 aliphatic carbocycles. The molecule has 0 fully saturated rings. The number of fused-ring (bicyclic) bond motifs is 1. The molecule has 0 spiro atoms. The molecule has 5 heteroatoms. The van der Waals surface area contributed by atoms with E-state index in [-0.39, 0.29) is 17.7 Å². The summed E-state index contributed by atoms with van der Waals surface area (Å²) in [4.78, 5) is 16.5. The van der Waals surface area contributed by atoms with E-state index in [2.05, 4.69) is 15.6 Å². The van der Waals surface area contributed by atoms with Crippen molar-refractivity contribution in [2.45, 2.75) is 38.3 Å². The normalized spacial score (nSPS) is 18.2. The second kappa shape index (κ2) is 6.91. The second-order valence-corrected chi connectivity index (χ2v) is 6.63. The topological polar surface area (TPSA) is 63.2 Å². The van der Waals surface area contributed by atoms with E-state index < -0.39 is 0 Å². The second-order valence-electron chi connectivity index (χ2n) is 6.63. The van der Waals surface area contributed by atoms with Crippen molar-refractivity contribution in [1.29, 1.82) is 0 Å². The average molecular weight is 325 g/mol. The molecule has 1 aliphatic heterocycles.